The lowest BCUT2D eigenvalue weighted by Crippen LogP contribution is -2.49. The third-order valence-electron chi connectivity index (χ3n) is 7.62. The molecule has 12 heteroatoms. The smallest absolute Gasteiger partial charge is 0.326 e. The molecule has 1 aromatic heterocycles. The summed E-state index contributed by atoms with van der Waals surface area (Å²) >= 11 is 0. The highest BCUT2D eigenvalue weighted by molar-refractivity contribution is 7.90. The predicted octanol–water partition coefficient (Wildman–Crippen LogP) is 7.30. The average molecular weight is 657 g/mol. The van der Waals surface area contributed by atoms with Gasteiger partial charge in [0, 0.05) is 55.9 Å². The van der Waals surface area contributed by atoms with Gasteiger partial charge in [-0.05, 0) is 79.8 Å². The number of rotatable bonds is 8. The number of hydrogen-bond donors (Lipinski definition) is 1. The van der Waals surface area contributed by atoms with Crippen LogP contribution in [0.4, 0.5) is 25.0 Å². The van der Waals surface area contributed by atoms with Crippen molar-refractivity contribution in [2.45, 2.75) is 44.2 Å². The standard InChI is InChI=1S/C33H34F2N4O4S.ClH/c1-22-17-28(44(3,41)42)18-23(2)32(22)43-31-12-9-24(20-36-31)21-38-15-13-27(14-16-38)39(26-7-5-4-6-8-26)33(40)37-30-11-10-25(34)19-29(30)35;/h4-12,17-20,27H,13-16,21H2,1-3H3,(H,37,40);1H. The van der Waals surface area contributed by atoms with Gasteiger partial charge < -0.3 is 10.1 Å². The number of hydrogen-bond acceptors (Lipinski definition) is 6. The zero-order valence-corrected chi connectivity index (χ0v) is 26.8. The highest BCUT2D eigenvalue weighted by Gasteiger charge is 2.30. The van der Waals surface area contributed by atoms with Crippen molar-refractivity contribution in [3.05, 3.63) is 107 Å². The van der Waals surface area contributed by atoms with E-state index in [0.717, 1.165) is 30.8 Å². The van der Waals surface area contributed by atoms with Crippen molar-refractivity contribution in [1.29, 1.82) is 0 Å². The van der Waals surface area contributed by atoms with Crippen LogP contribution >= 0.6 is 12.4 Å². The first-order chi connectivity index (χ1) is 21.0. The normalized spacial score (nSPS) is 14.0. The molecule has 0 unspecified atom stereocenters. The van der Waals surface area contributed by atoms with Gasteiger partial charge in [-0.2, -0.15) is 0 Å². The fraction of sp³-hybridized carbons (Fsp3) is 0.273. The maximum Gasteiger partial charge on any atom is 0.326 e. The fourth-order valence-corrected chi connectivity index (χ4v) is 6.18. The number of sulfone groups is 1. The first-order valence-electron chi connectivity index (χ1n) is 14.2. The fourth-order valence-electron chi connectivity index (χ4n) is 5.40. The van der Waals surface area contributed by atoms with Gasteiger partial charge in [-0.1, -0.05) is 24.3 Å². The topological polar surface area (TPSA) is 91.8 Å². The van der Waals surface area contributed by atoms with Crippen LogP contribution in [0.1, 0.15) is 29.5 Å². The third kappa shape index (κ3) is 8.36. The second kappa shape index (κ2) is 14.4. The lowest BCUT2D eigenvalue weighted by Gasteiger charge is -2.38. The quantitative estimate of drug-likeness (QED) is 0.214. The molecule has 1 aliphatic heterocycles. The number of carbonyl (C=O) groups is 1. The van der Waals surface area contributed by atoms with Crippen LogP contribution in [0.25, 0.3) is 0 Å². The Bertz CT molecular complexity index is 1730. The number of nitrogens with one attached hydrogen (secondary N) is 1. The Morgan fingerprint density at radius 3 is 2.24 bits per heavy atom. The van der Waals surface area contributed by atoms with Gasteiger partial charge >= 0.3 is 6.03 Å². The molecule has 45 heavy (non-hydrogen) atoms. The zero-order chi connectivity index (χ0) is 31.4. The summed E-state index contributed by atoms with van der Waals surface area (Å²) in [5, 5.41) is 2.61. The van der Waals surface area contributed by atoms with Gasteiger partial charge in [0.1, 0.15) is 17.4 Å². The number of pyridine rings is 1. The summed E-state index contributed by atoms with van der Waals surface area (Å²) in [5.41, 5.74) is 3.04. The molecule has 2 amide bonds. The Morgan fingerprint density at radius 2 is 1.67 bits per heavy atom. The lowest BCUT2D eigenvalue weighted by atomic mass is 10.0. The van der Waals surface area contributed by atoms with Crippen LogP contribution < -0.4 is 15.0 Å². The molecule has 4 aromatic rings. The number of amides is 2. The van der Waals surface area contributed by atoms with Crippen LogP contribution in [0.2, 0.25) is 0 Å². The second-order valence-electron chi connectivity index (χ2n) is 11.0. The summed E-state index contributed by atoms with van der Waals surface area (Å²) < 4.78 is 57.6. The molecule has 0 bridgehead atoms. The van der Waals surface area contributed by atoms with E-state index in [1.165, 1.54) is 12.3 Å². The molecule has 0 spiro atoms. The van der Waals surface area contributed by atoms with E-state index in [4.69, 9.17) is 4.74 Å². The van der Waals surface area contributed by atoms with Gasteiger partial charge in [-0.25, -0.2) is 27.0 Å². The molecular weight excluding hydrogens is 622 g/mol. The molecule has 1 N–H and O–H groups in total. The number of halogens is 3. The van der Waals surface area contributed by atoms with Gasteiger partial charge in [0.15, 0.2) is 9.84 Å². The van der Waals surface area contributed by atoms with Gasteiger partial charge in [0.05, 0.1) is 10.6 Å². The second-order valence-corrected chi connectivity index (χ2v) is 13.0. The van der Waals surface area contributed by atoms with Crippen molar-refractivity contribution in [1.82, 2.24) is 9.88 Å². The Hall–Kier alpha value is -4.06. The van der Waals surface area contributed by atoms with E-state index in [1.807, 2.05) is 36.4 Å². The predicted molar refractivity (Wildman–Crippen MR) is 173 cm³/mol. The van der Waals surface area contributed by atoms with E-state index in [1.54, 1.807) is 43.1 Å². The van der Waals surface area contributed by atoms with E-state index in [9.17, 15) is 22.0 Å². The minimum Gasteiger partial charge on any atom is -0.438 e. The van der Waals surface area contributed by atoms with E-state index in [0.29, 0.717) is 47.8 Å². The molecular formula is C33H35ClF2N4O4S. The number of piperidine rings is 1. The summed E-state index contributed by atoms with van der Waals surface area (Å²) in [5.74, 6) is -0.556. The van der Waals surface area contributed by atoms with Crippen LogP contribution in [0.5, 0.6) is 11.6 Å². The summed E-state index contributed by atoms with van der Waals surface area (Å²) in [7, 11) is -3.32. The molecule has 5 rings (SSSR count). The molecule has 0 saturated carbocycles. The van der Waals surface area contributed by atoms with E-state index < -0.39 is 27.5 Å². The van der Waals surface area contributed by atoms with Gasteiger partial charge in [0.25, 0.3) is 0 Å². The largest absolute Gasteiger partial charge is 0.438 e. The monoisotopic (exact) mass is 656 g/mol. The van der Waals surface area contributed by atoms with E-state index >= 15 is 0 Å². The maximum atomic E-state index is 14.3. The number of likely N-dealkylation sites (tertiary alicyclic amines) is 1. The molecule has 2 heterocycles. The molecule has 1 saturated heterocycles. The van der Waals surface area contributed by atoms with E-state index in [-0.39, 0.29) is 29.0 Å². The maximum absolute atomic E-state index is 14.3. The van der Waals surface area contributed by atoms with Crippen LogP contribution in [0.3, 0.4) is 0 Å². The molecule has 1 aliphatic rings. The number of aryl methyl sites for hydroxylation is 2. The molecule has 0 aliphatic carbocycles. The molecule has 1 fully saturated rings. The third-order valence-corrected chi connectivity index (χ3v) is 8.71. The van der Waals surface area contributed by atoms with Crippen molar-refractivity contribution in [2.75, 3.05) is 29.6 Å². The van der Waals surface area contributed by atoms with Crippen molar-refractivity contribution < 1.29 is 26.7 Å². The molecule has 0 radical (unpaired) electrons. The van der Waals surface area contributed by atoms with Crippen LogP contribution in [0.15, 0.2) is 83.9 Å². The number of urea groups is 1. The SMILES string of the molecule is Cc1cc(S(C)(=O)=O)cc(C)c1Oc1ccc(CN2CCC(N(C(=O)Nc3ccc(F)cc3F)c3ccccc3)CC2)cn1.Cl. The highest BCUT2D eigenvalue weighted by Crippen LogP contribution is 2.31. The van der Waals surface area contributed by atoms with Crippen molar-refractivity contribution in [3.8, 4) is 11.6 Å². The van der Waals surface area contributed by atoms with Gasteiger partial charge in [-0.3, -0.25) is 9.80 Å². The van der Waals surface area contributed by atoms with Crippen molar-refractivity contribution in [3.63, 3.8) is 0 Å². The van der Waals surface area contributed by atoms with Crippen LogP contribution in [-0.2, 0) is 16.4 Å². The summed E-state index contributed by atoms with van der Waals surface area (Å²) in [6.45, 7) is 5.74. The van der Waals surface area contributed by atoms with Crippen molar-refractivity contribution in [2.24, 2.45) is 0 Å². The highest BCUT2D eigenvalue weighted by atomic mass is 35.5. The lowest BCUT2D eigenvalue weighted by molar-refractivity contribution is 0.199. The number of anilines is 2. The Labute approximate surface area is 268 Å². The minimum absolute atomic E-state index is 0. The molecule has 238 valence electrons. The summed E-state index contributed by atoms with van der Waals surface area (Å²) in [6.07, 6.45) is 4.34. The van der Waals surface area contributed by atoms with E-state index in [2.05, 4.69) is 15.2 Å². The number of aromatic nitrogens is 1. The average Bonchev–Trinajstić information content (AvgIpc) is 2.98. The van der Waals surface area contributed by atoms with Crippen LogP contribution in [0, 0.1) is 25.5 Å². The summed E-state index contributed by atoms with van der Waals surface area (Å²) in [6, 6.07) is 18.6. The number of carbonyl (C=O) groups excluding carboxylic acids is 1. The Morgan fingerprint density at radius 1 is 1.00 bits per heavy atom. The minimum atomic E-state index is -3.32. The van der Waals surface area contributed by atoms with Crippen molar-refractivity contribution >= 4 is 39.7 Å². The van der Waals surface area contributed by atoms with Crippen LogP contribution in [-0.4, -0.2) is 49.7 Å². The van der Waals surface area contributed by atoms with Gasteiger partial charge in [0.2, 0.25) is 5.88 Å². The molecule has 3 aromatic carbocycles. The zero-order valence-electron chi connectivity index (χ0n) is 25.2. The number of para-hydroxylation sites is 1. The van der Waals surface area contributed by atoms with Gasteiger partial charge in [-0.15, -0.1) is 12.4 Å². The Balaban J connectivity index is 0.00000461. The Kier molecular flexibility index (Phi) is 10.8. The number of benzene rings is 3. The number of nitrogens with zero attached hydrogens (tertiary/aromatic N) is 3. The molecule has 0 atom stereocenters. The summed E-state index contributed by atoms with van der Waals surface area (Å²) in [4.78, 5) is 22.0. The number of ether oxygens (including phenoxy) is 1. The first-order valence-corrected chi connectivity index (χ1v) is 16.1. The molecule has 8 nitrogen and oxygen atoms in total. The first kappa shape index (κ1) is 33.8.